The lowest BCUT2D eigenvalue weighted by Crippen LogP contribution is -2.23. The summed E-state index contributed by atoms with van der Waals surface area (Å²) in [7, 11) is -2.20. The van der Waals surface area contributed by atoms with Gasteiger partial charge in [-0.3, -0.25) is 4.72 Å². The zero-order valence-electron chi connectivity index (χ0n) is 17.2. The van der Waals surface area contributed by atoms with Crippen LogP contribution in [0, 0.1) is 13.8 Å². The van der Waals surface area contributed by atoms with E-state index in [9.17, 15) is 18.3 Å². The number of nitrogens with one attached hydrogen (secondary N) is 1. The van der Waals surface area contributed by atoms with E-state index in [-0.39, 0.29) is 21.2 Å². The fourth-order valence-electron chi connectivity index (χ4n) is 3.24. The topological polar surface area (TPSA) is 113 Å². The molecule has 164 valence electrons. The van der Waals surface area contributed by atoms with E-state index in [1.165, 1.54) is 24.3 Å². The van der Waals surface area contributed by atoms with Gasteiger partial charge in [-0.25, -0.2) is 13.2 Å². The summed E-state index contributed by atoms with van der Waals surface area (Å²) in [5.74, 6) is -0.438. The van der Waals surface area contributed by atoms with E-state index < -0.39 is 16.0 Å². The number of benzene rings is 2. The van der Waals surface area contributed by atoms with Gasteiger partial charge in [0.25, 0.3) is 10.0 Å². The molecule has 0 aliphatic heterocycles. The molecule has 1 heterocycles. The van der Waals surface area contributed by atoms with Crippen LogP contribution in [0.2, 0.25) is 5.02 Å². The van der Waals surface area contributed by atoms with Gasteiger partial charge in [0.15, 0.2) is 0 Å². The minimum Gasteiger partial charge on any atom is -0.478 e. The molecule has 31 heavy (non-hydrogen) atoms. The highest BCUT2D eigenvalue weighted by Gasteiger charge is 2.20. The largest absolute Gasteiger partial charge is 0.478 e. The Bertz CT molecular complexity index is 1200. The highest BCUT2D eigenvalue weighted by Crippen LogP contribution is 2.28. The number of sulfonamides is 1. The van der Waals surface area contributed by atoms with Crippen LogP contribution < -0.4 is 9.62 Å². The maximum absolute atomic E-state index is 12.7. The molecule has 0 aliphatic rings. The molecule has 3 rings (SSSR count). The number of hydrogen-bond acceptors (Lipinski definition) is 6. The van der Waals surface area contributed by atoms with Gasteiger partial charge in [-0.1, -0.05) is 28.9 Å². The molecule has 8 nitrogen and oxygen atoms in total. The number of nitrogens with zero attached hydrogens (tertiary/aromatic N) is 2. The van der Waals surface area contributed by atoms with Crippen molar-refractivity contribution < 1.29 is 22.8 Å². The monoisotopic (exact) mass is 463 g/mol. The molecule has 10 heteroatoms. The second kappa shape index (κ2) is 8.99. The zero-order chi connectivity index (χ0) is 22.8. The van der Waals surface area contributed by atoms with Crippen LogP contribution in [-0.2, 0) is 16.4 Å². The van der Waals surface area contributed by atoms with E-state index in [0.717, 1.165) is 17.0 Å². The molecule has 3 aromatic rings. The SMILES string of the molecule is Cc1noc(C)c1CCN(C)c1ccc(NS(=O)(=O)c2ccccc2Cl)cc1C(=O)O. The molecule has 0 radical (unpaired) electrons. The average molecular weight is 464 g/mol. The summed E-state index contributed by atoms with van der Waals surface area (Å²) in [5, 5.41) is 13.7. The molecule has 2 aromatic carbocycles. The summed E-state index contributed by atoms with van der Waals surface area (Å²) in [5.41, 5.74) is 2.34. The third kappa shape index (κ3) is 5.00. The third-order valence-corrected chi connectivity index (χ3v) is 6.78. The number of carboxylic acid groups (broad SMARTS) is 1. The van der Waals surface area contributed by atoms with Gasteiger partial charge in [0.2, 0.25) is 0 Å². The van der Waals surface area contributed by atoms with Crippen molar-refractivity contribution in [2.75, 3.05) is 23.2 Å². The number of halogens is 1. The van der Waals surface area contributed by atoms with Crippen molar-refractivity contribution >= 4 is 39.0 Å². The summed E-state index contributed by atoms with van der Waals surface area (Å²) < 4.78 is 32.9. The lowest BCUT2D eigenvalue weighted by atomic mass is 10.1. The predicted molar refractivity (Wildman–Crippen MR) is 119 cm³/mol. The second-order valence-corrected chi connectivity index (χ2v) is 9.11. The number of likely N-dealkylation sites (N-methyl/N-ethyl adjacent to an activating group) is 1. The minimum atomic E-state index is -3.97. The van der Waals surface area contributed by atoms with Gasteiger partial charge < -0.3 is 14.5 Å². The Balaban J connectivity index is 1.84. The lowest BCUT2D eigenvalue weighted by Gasteiger charge is -2.22. The van der Waals surface area contributed by atoms with E-state index in [1.807, 2.05) is 13.8 Å². The number of aromatic nitrogens is 1. The van der Waals surface area contributed by atoms with Gasteiger partial charge in [-0.05, 0) is 50.6 Å². The predicted octanol–water partition coefficient (Wildman–Crippen LogP) is 4.12. The summed E-state index contributed by atoms with van der Waals surface area (Å²) in [6, 6.07) is 10.4. The summed E-state index contributed by atoms with van der Waals surface area (Å²) in [6.45, 7) is 4.21. The average Bonchev–Trinajstić information content (AvgIpc) is 3.03. The Morgan fingerprint density at radius 1 is 1.23 bits per heavy atom. The van der Waals surface area contributed by atoms with Crippen molar-refractivity contribution in [3.63, 3.8) is 0 Å². The van der Waals surface area contributed by atoms with Gasteiger partial charge in [-0.15, -0.1) is 0 Å². The van der Waals surface area contributed by atoms with Gasteiger partial charge in [0.1, 0.15) is 10.7 Å². The Kier molecular flexibility index (Phi) is 6.56. The first-order chi connectivity index (χ1) is 14.6. The second-order valence-electron chi connectivity index (χ2n) is 7.05. The van der Waals surface area contributed by atoms with Crippen LogP contribution in [0.15, 0.2) is 51.9 Å². The van der Waals surface area contributed by atoms with Gasteiger partial charge in [0.05, 0.1) is 22.0 Å². The molecule has 0 bridgehead atoms. The molecule has 0 aliphatic carbocycles. The number of aryl methyl sites for hydroxylation is 2. The first kappa shape index (κ1) is 22.6. The maximum Gasteiger partial charge on any atom is 0.337 e. The summed E-state index contributed by atoms with van der Waals surface area (Å²) in [6.07, 6.45) is 0.623. The molecule has 0 spiro atoms. The highest BCUT2D eigenvalue weighted by atomic mass is 35.5. The molecular formula is C21H22ClN3O5S. The number of aromatic carboxylic acids is 1. The number of rotatable bonds is 8. The van der Waals surface area contributed by atoms with E-state index in [0.29, 0.717) is 18.7 Å². The van der Waals surface area contributed by atoms with Crippen molar-refractivity contribution in [3.05, 3.63) is 70.1 Å². The van der Waals surface area contributed by atoms with E-state index in [1.54, 1.807) is 30.1 Å². The minimum absolute atomic E-state index is 0.0272. The smallest absolute Gasteiger partial charge is 0.337 e. The quantitative estimate of drug-likeness (QED) is 0.516. The Labute approximate surface area is 185 Å². The molecule has 1 aromatic heterocycles. The fraction of sp³-hybridized carbons (Fsp3) is 0.238. The van der Waals surface area contributed by atoms with Crippen LogP contribution in [0.4, 0.5) is 11.4 Å². The van der Waals surface area contributed by atoms with Crippen LogP contribution in [-0.4, -0.2) is 38.2 Å². The number of hydrogen-bond donors (Lipinski definition) is 2. The zero-order valence-corrected chi connectivity index (χ0v) is 18.8. The lowest BCUT2D eigenvalue weighted by molar-refractivity contribution is 0.0697. The number of carbonyl (C=O) groups is 1. The Morgan fingerprint density at radius 3 is 2.55 bits per heavy atom. The van der Waals surface area contributed by atoms with Gasteiger partial charge >= 0.3 is 5.97 Å². The van der Waals surface area contributed by atoms with Crippen LogP contribution in [0.1, 0.15) is 27.4 Å². The van der Waals surface area contributed by atoms with Crippen molar-refractivity contribution in [1.82, 2.24) is 5.16 Å². The first-order valence-corrected chi connectivity index (χ1v) is 11.2. The number of carboxylic acids is 1. The van der Waals surface area contributed by atoms with Crippen molar-refractivity contribution in [2.24, 2.45) is 0 Å². The Hall–Kier alpha value is -3.04. The fourth-order valence-corrected chi connectivity index (χ4v) is 4.81. The van der Waals surface area contributed by atoms with Gasteiger partial charge in [0, 0.05) is 24.8 Å². The molecule has 0 amide bonds. The normalized spacial score (nSPS) is 11.4. The molecule has 0 saturated heterocycles. The van der Waals surface area contributed by atoms with Crippen molar-refractivity contribution in [2.45, 2.75) is 25.2 Å². The van der Waals surface area contributed by atoms with Gasteiger partial charge in [-0.2, -0.15) is 0 Å². The standard InChI is InChI=1S/C21H22ClN3O5S/c1-13-16(14(2)30-23-13)10-11-25(3)19-9-8-15(12-17(19)21(26)27)24-31(28,29)20-7-5-4-6-18(20)22/h4-9,12,24H,10-11H2,1-3H3,(H,26,27). The van der Waals surface area contributed by atoms with Crippen LogP contribution in [0.5, 0.6) is 0 Å². The Morgan fingerprint density at radius 2 is 1.94 bits per heavy atom. The molecule has 2 N–H and O–H groups in total. The van der Waals surface area contributed by atoms with E-state index >= 15 is 0 Å². The van der Waals surface area contributed by atoms with Crippen LogP contribution in [0.3, 0.4) is 0 Å². The molecule has 0 atom stereocenters. The van der Waals surface area contributed by atoms with Crippen LogP contribution in [0.25, 0.3) is 0 Å². The first-order valence-electron chi connectivity index (χ1n) is 9.37. The van der Waals surface area contributed by atoms with Crippen LogP contribution >= 0.6 is 11.6 Å². The molecule has 0 saturated carbocycles. The van der Waals surface area contributed by atoms with E-state index in [2.05, 4.69) is 9.88 Å². The highest BCUT2D eigenvalue weighted by molar-refractivity contribution is 7.92. The van der Waals surface area contributed by atoms with Crippen molar-refractivity contribution in [1.29, 1.82) is 0 Å². The molecule has 0 unspecified atom stereocenters. The summed E-state index contributed by atoms with van der Waals surface area (Å²) in [4.78, 5) is 13.6. The third-order valence-electron chi connectivity index (χ3n) is 4.90. The maximum atomic E-state index is 12.7. The van der Waals surface area contributed by atoms with Crippen molar-refractivity contribution in [3.8, 4) is 0 Å². The molecular weight excluding hydrogens is 442 g/mol. The molecule has 0 fully saturated rings. The summed E-state index contributed by atoms with van der Waals surface area (Å²) >= 11 is 5.99. The number of anilines is 2. The van der Waals surface area contributed by atoms with E-state index in [4.69, 9.17) is 16.1 Å².